The van der Waals surface area contributed by atoms with Gasteiger partial charge in [0.15, 0.2) is 0 Å². The minimum atomic E-state index is -4.11. The Morgan fingerprint density at radius 1 is 0.724 bits per heavy atom. The molecule has 0 bridgehead atoms. The van der Waals surface area contributed by atoms with E-state index in [1.165, 1.54) is 0 Å². The molecule has 2 aromatic rings. The van der Waals surface area contributed by atoms with Crippen molar-refractivity contribution in [2.45, 2.75) is 12.8 Å². The predicted octanol–water partition coefficient (Wildman–Crippen LogP) is 5.44. The summed E-state index contributed by atoms with van der Waals surface area (Å²) < 4.78 is 15.7. The van der Waals surface area contributed by atoms with Gasteiger partial charge in [-0.3, -0.25) is 0 Å². The van der Waals surface area contributed by atoms with E-state index in [1.54, 1.807) is 24.3 Å². The Kier molecular flexibility index (Phi) is 5.87. The van der Waals surface area contributed by atoms with Gasteiger partial charge in [-0.15, -0.1) is 0 Å². The van der Waals surface area contributed by atoms with Crippen LogP contribution in [-0.4, -0.2) is 12.6 Å². The number of carbonyl (C=O) groups excluding carboxylic acids is 2. The minimum absolute atomic E-state index is 0.558. The zero-order chi connectivity index (χ0) is 20.1. The van der Waals surface area contributed by atoms with Crippen molar-refractivity contribution in [1.82, 2.24) is 0 Å². The third kappa shape index (κ3) is 4.15. The van der Waals surface area contributed by atoms with Gasteiger partial charge in [-0.25, -0.2) is 0 Å². The molecular formula is C24H20O4Zr. The molecule has 0 heterocycles. The summed E-state index contributed by atoms with van der Waals surface area (Å²) in [5, 5.41) is 0. The Balaban J connectivity index is 1.81. The fourth-order valence-electron chi connectivity index (χ4n) is 3.51. The third-order valence-electron chi connectivity index (χ3n) is 4.90. The molecule has 0 amide bonds. The third-order valence-corrected chi connectivity index (χ3v) is 13.5. The molecule has 2 aliphatic carbocycles. The second-order valence-corrected chi connectivity index (χ2v) is 14.0. The zero-order valence-electron chi connectivity index (χ0n) is 15.8. The van der Waals surface area contributed by atoms with E-state index >= 15 is 0 Å². The van der Waals surface area contributed by atoms with Crippen LogP contribution < -0.4 is 5.63 Å². The average molecular weight is 464 g/mol. The van der Waals surface area contributed by atoms with Crippen LogP contribution in [0.4, 0.5) is 0 Å². The van der Waals surface area contributed by atoms with Crippen LogP contribution in [0.15, 0.2) is 91.5 Å². The molecule has 0 unspecified atom stereocenters. The maximum atomic E-state index is 11.3. The van der Waals surface area contributed by atoms with Crippen molar-refractivity contribution < 1.29 is 36.4 Å². The molecule has 0 saturated heterocycles. The predicted molar refractivity (Wildman–Crippen MR) is 109 cm³/mol. The Hall–Kier alpha value is -2.78. The number of rotatable bonds is 8. The fraction of sp³-hybridized carbons (Fsp3) is 0.0833. The number of aldehydes is 2. The van der Waals surface area contributed by atoms with Gasteiger partial charge in [0.1, 0.15) is 0 Å². The molecule has 2 aromatic carbocycles. The molecule has 4 rings (SSSR count). The Morgan fingerprint density at radius 2 is 1.21 bits per heavy atom. The number of benzene rings is 2. The van der Waals surface area contributed by atoms with Crippen molar-refractivity contribution in [3.8, 4) is 11.5 Å². The summed E-state index contributed by atoms with van der Waals surface area (Å²) in [4.78, 5) is 22.5. The summed E-state index contributed by atoms with van der Waals surface area (Å²) in [6.45, 7) is 0. The van der Waals surface area contributed by atoms with Crippen LogP contribution in [0, 0.1) is 0 Å². The van der Waals surface area contributed by atoms with E-state index in [-0.39, 0.29) is 0 Å². The van der Waals surface area contributed by atoms with Gasteiger partial charge in [-0.2, -0.15) is 0 Å². The van der Waals surface area contributed by atoms with Crippen molar-refractivity contribution >= 4 is 12.6 Å². The maximum absolute atomic E-state index is 11.3. The van der Waals surface area contributed by atoms with Crippen molar-refractivity contribution in [3.05, 3.63) is 103 Å². The van der Waals surface area contributed by atoms with Gasteiger partial charge in [0.05, 0.1) is 0 Å². The first-order valence-corrected chi connectivity index (χ1v) is 13.9. The van der Waals surface area contributed by atoms with Crippen molar-refractivity contribution in [3.63, 3.8) is 0 Å². The van der Waals surface area contributed by atoms with Gasteiger partial charge in [0.2, 0.25) is 0 Å². The van der Waals surface area contributed by atoms with E-state index in [0.29, 0.717) is 22.6 Å². The second-order valence-electron chi connectivity index (χ2n) is 6.85. The van der Waals surface area contributed by atoms with E-state index in [9.17, 15) is 9.59 Å². The van der Waals surface area contributed by atoms with Crippen LogP contribution in [-0.2, 0) is 21.1 Å². The van der Waals surface area contributed by atoms with Crippen molar-refractivity contribution in [2.24, 2.45) is 0 Å². The molecule has 0 aliphatic heterocycles. The van der Waals surface area contributed by atoms with E-state index in [4.69, 9.17) is 5.63 Å². The molecule has 0 saturated carbocycles. The summed E-state index contributed by atoms with van der Waals surface area (Å²) in [6, 6.07) is 14.3. The first-order chi connectivity index (χ1) is 14.2. The molecular weight excluding hydrogens is 443 g/mol. The number of allylic oxidation sites excluding steroid dienone is 8. The van der Waals surface area contributed by atoms with Crippen LogP contribution in [0.3, 0.4) is 0 Å². The van der Waals surface area contributed by atoms with Crippen LogP contribution >= 0.6 is 0 Å². The van der Waals surface area contributed by atoms with Crippen LogP contribution in [0.2, 0.25) is 0 Å². The molecule has 0 radical (unpaired) electrons. The van der Waals surface area contributed by atoms with Gasteiger partial charge < -0.3 is 0 Å². The van der Waals surface area contributed by atoms with E-state index in [0.717, 1.165) is 32.0 Å². The molecule has 2 aliphatic rings. The van der Waals surface area contributed by atoms with Gasteiger partial charge in [-0.05, 0) is 0 Å². The number of hydrogen-bond acceptors (Lipinski definition) is 4. The monoisotopic (exact) mass is 462 g/mol. The molecule has 29 heavy (non-hydrogen) atoms. The molecule has 0 aromatic heterocycles. The standard InChI is InChI=1S/2C7H6O2.2C5H5.Zr/c2*8-5-6-2-1-3-7(9)4-6;2*1-2-4-5-3-1;/h2*1-5,9H;2*1-3H,4H2;/q;;;;+2/p-2. The Labute approximate surface area is 175 Å². The Morgan fingerprint density at radius 3 is 1.59 bits per heavy atom. The molecule has 0 fully saturated rings. The molecule has 144 valence electrons. The van der Waals surface area contributed by atoms with E-state index in [1.807, 2.05) is 36.4 Å². The van der Waals surface area contributed by atoms with Gasteiger partial charge in [0.25, 0.3) is 0 Å². The van der Waals surface area contributed by atoms with Gasteiger partial charge >= 0.3 is 176 Å². The van der Waals surface area contributed by atoms with E-state index < -0.39 is 21.1 Å². The van der Waals surface area contributed by atoms with E-state index in [2.05, 4.69) is 24.3 Å². The van der Waals surface area contributed by atoms with Crippen LogP contribution in [0.1, 0.15) is 33.6 Å². The number of hydrogen-bond donors (Lipinski definition) is 0. The summed E-state index contributed by atoms with van der Waals surface area (Å²) in [5.41, 5.74) is 1.12. The topological polar surface area (TPSA) is 52.6 Å². The molecule has 5 heteroatoms. The summed E-state index contributed by atoms with van der Waals surface area (Å²) in [7, 11) is 0. The summed E-state index contributed by atoms with van der Waals surface area (Å²) >= 11 is -4.11. The number of carbonyl (C=O) groups is 2. The fourth-order valence-corrected chi connectivity index (χ4v) is 11.6. The molecule has 0 N–H and O–H groups in total. The second kappa shape index (κ2) is 8.71. The van der Waals surface area contributed by atoms with Crippen LogP contribution in [0.5, 0.6) is 11.5 Å². The summed E-state index contributed by atoms with van der Waals surface area (Å²) in [6.07, 6.45) is 15.6. The zero-order valence-corrected chi connectivity index (χ0v) is 18.2. The molecule has 0 atom stereocenters. The van der Waals surface area contributed by atoms with Gasteiger partial charge in [-0.1, -0.05) is 0 Å². The van der Waals surface area contributed by atoms with Crippen LogP contribution in [0.25, 0.3) is 0 Å². The normalized spacial score (nSPS) is 15.0. The first kappa shape index (κ1) is 19.5. The molecule has 0 spiro atoms. The van der Waals surface area contributed by atoms with Crippen molar-refractivity contribution in [1.29, 1.82) is 0 Å². The Bertz CT molecular complexity index is 977. The first-order valence-electron chi connectivity index (χ1n) is 9.44. The summed E-state index contributed by atoms with van der Waals surface area (Å²) in [5.74, 6) is 1.25. The SMILES string of the molecule is O=Cc1cccc([O][Zr]([O]c2cccc(C=O)c2)([C]2=CC=CC2)[C]2=CC=CC2)c1. The average Bonchev–Trinajstić information content (AvgIpc) is 3.48. The van der Waals surface area contributed by atoms with Gasteiger partial charge in [0, 0.05) is 0 Å². The van der Waals surface area contributed by atoms with Crippen molar-refractivity contribution in [2.75, 3.05) is 0 Å². The quantitative estimate of drug-likeness (QED) is 0.489. The molecule has 4 nitrogen and oxygen atoms in total.